The lowest BCUT2D eigenvalue weighted by atomic mass is 10.1. The molecular weight excluding hydrogens is 560 g/mol. The maximum absolute atomic E-state index is 14.8. The van der Waals surface area contributed by atoms with Crippen molar-refractivity contribution < 1.29 is 28.2 Å². The molecule has 13 heteroatoms. The molecule has 2 atom stereocenters. The van der Waals surface area contributed by atoms with Crippen molar-refractivity contribution in [2.45, 2.75) is 25.5 Å². The number of methoxy groups -OCH3 is 1. The number of carbonyl (C=O) groups is 2. The molecule has 3 N–H and O–H groups in total. The molecule has 1 unspecified atom stereocenters. The van der Waals surface area contributed by atoms with Crippen LogP contribution >= 0.6 is 0 Å². The molecule has 0 bridgehead atoms. The molecule has 224 valence electrons. The SMILES string of the molecule is COc1ccc(-c2cnc3c(Nc4ccc(C(=O)N5CCN(C(=O)[C@H]6NCCC6O)CC5)c(C)c4)nccn23)c(F)c1F. The van der Waals surface area contributed by atoms with Crippen molar-refractivity contribution >= 4 is 29.0 Å². The van der Waals surface area contributed by atoms with Gasteiger partial charge in [-0.2, -0.15) is 4.39 Å². The summed E-state index contributed by atoms with van der Waals surface area (Å²) in [4.78, 5) is 38.3. The van der Waals surface area contributed by atoms with Crippen molar-refractivity contribution in [2.75, 3.05) is 45.2 Å². The third kappa shape index (κ3) is 5.25. The number of aliphatic hydroxyl groups excluding tert-OH is 1. The highest BCUT2D eigenvalue weighted by Crippen LogP contribution is 2.31. The molecule has 4 aromatic rings. The van der Waals surface area contributed by atoms with Crippen LogP contribution in [-0.4, -0.2) is 93.1 Å². The van der Waals surface area contributed by atoms with Crippen LogP contribution in [-0.2, 0) is 4.79 Å². The van der Waals surface area contributed by atoms with Gasteiger partial charge in [-0.3, -0.25) is 14.0 Å². The van der Waals surface area contributed by atoms with Gasteiger partial charge in [0.25, 0.3) is 5.91 Å². The van der Waals surface area contributed by atoms with E-state index in [1.807, 2.05) is 13.0 Å². The minimum absolute atomic E-state index is 0.0275. The number of aliphatic hydroxyl groups is 1. The molecule has 4 heterocycles. The van der Waals surface area contributed by atoms with Crippen molar-refractivity contribution in [3.05, 3.63) is 71.7 Å². The molecule has 2 aliphatic heterocycles. The molecule has 2 fully saturated rings. The lowest BCUT2D eigenvalue weighted by Gasteiger charge is -2.36. The zero-order valence-electron chi connectivity index (χ0n) is 23.7. The van der Waals surface area contributed by atoms with Crippen LogP contribution in [0.5, 0.6) is 5.75 Å². The summed E-state index contributed by atoms with van der Waals surface area (Å²) < 4.78 is 35.7. The molecule has 2 aromatic carbocycles. The van der Waals surface area contributed by atoms with Crippen molar-refractivity contribution in [1.82, 2.24) is 29.5 Å². The van der Waals surface area contributed by atoms with Crippen LogP contribution in [0.25, 0.3) is 16.9 Å². The average molecular weight is 592 g/mol. The summed E-state index contributed by atoms with van der Waals surface area (Å²) in [7, 11) is 1.27. The molecule has 2 saturated heterocycles. The first-order valence-corrected chi connectivity index (χ1v) is 14.0. The van der Waals surface area contributed by atoms with Crippen molar-refractivity contribution in [3.8, 4) is 17.0 Å². The molecule has 2 aliphatic rings. The molecule has 11 nitrogen and oxygen atoms in total. The summed E-state index contributed by atoms with van der Waals surface area (Å²) >= 11 is 0. The third-order valence-electron chi connectivity index (χ3n) is 8.02. The number of nitrogens with one attached hydrogen (secondary N) is 2. The highest BCUT2D eigenvalue weighted by atomic mass is 19.2. The first-order valence-electron chi connectivity index (χ1n) is 14.0. The molecule has 43 heavy (non-hydrogen) atoms. The van der Waals surface area contributed by atoms with E-state index in [-0.39, 0.29) is 23.1 Å². The van der Waals surface area contributed by atoms with E-state index in [1.165, 1.54) is 31.6 Å². The number of amides is 2. The van der Waals surface area contributed by atoms with Gasteiger partial charge in [-0.05, 0) is 55.8 Å². The predicted molar refractivity (Wildman–Crippen MR) is 154 cm³/mol. The number of aryl methyl sites for hydroxylation is 1. The van der Waals surface area contributed by atoms with Gasteiger partial charge in [0.2, 0.25) is 11.7 Å². The Kier molecular flexibility index (Phi) is 7.67. The van der Waals surface area contributed by atoms with Crippen molar-refractivity contribution in [2.24, 2.45) is 0 Å². The highest BCUT2D eigenvalue weighted by Gasteiger charge is 2.36. The normalized spacial score (nSPS) is 18.7. The number of benzene rings is 2. The van der Waals surface area contributed by atoms with E-state index < -0.39 is 23.8 Å². The number of hydrogen-bond acceptors (Lipinski definition) is 8. The van der Waals surface area contributed by atoms with Gasteiger partial charge in [0.05, 0.1) is 25.1 Å². The third-order valence-corrected chi connectivity index (χ3v) is 8.02. The van der Waals surface area contributed by atoms with Gasteiger partial charge in [-0.15, -0.1) is 0 Å². The lowest BCUT2D eigenvalue weighted by molar-refractivity contribution is -0.136. The summed E-state index contributed by atoms with van der Waals surface area (Å²) in [5.74, 6) is -2.17. The zero-order valence-corrected chi connectivity index (χ0v) is 23.7. The Morgan fingerprint density at radius 3 is 2.53 bits per heavy atom. The number of anilines is 2. The van der Waals surface area contributed by atoms with Gasteiger partial charge in [0.1, 0.15) is 6.04 Å². The Morgan fingerprint density at radius 1 is 1.07 bits per heavy atom. The van der Waals surface area contributed by atoms with Crippen LogP contribution < -0.4 is 15.4 Å². The van der Waals surface area contributed by atoms with Gasteiger partial charge in [0.15, 0.2) is 23.0 Å². The molecule has 0 radical (unpaired) electrons. The Hall–Kier alpha value is -4.62. The van der Waals surface area contributed by atoms with E-state index in [0.29, 0.717) is 67.6 Å². The van der Waals surface area contributed by atoms with E-state index >= 15 is 0 Å². The average Bonchev–Trinajstić information content (AvgIpc) is 3.65. The number of aromatic nitrogens is 3. The molecule has 0 saturated carbocycles. The fraction of sp³-hybridized carbons (Fsp3) is 0.333. The fourth-order valence-electron chi connectivity index (χ4n) is 5.65. The second-order valence-corrected chi connectivity index (χ2v) is 10.6. The standard InChI is InChI=1S/C30H31F2N7O4/c1-17-15-18(3-4-19(17)29(41)37-11-13-38(14-12-37)30(42)26-22(40)7-8-33-26)36-27-28-35-16-21(39(28)10-9-34-27)20-5-6-23(43-2)25(32)24(20)31/h3-6,9-10,15-16,22,26,33,40H,7-8,11-14H2,1-2H3,(H,34,36)/t22?,26-/m0/s1. The Morgan fingerprint density at radius 2 is 1.84 bits per heavy atom. The minimum atomic E-state index is -1.08. The highest BCUT2D eigenvalue weighted by molar-refractivity contribution is 5.96. The van der Waals surface area contributed by atoms with E-state index in [2.05, 4.69) is 20.6 Å². The number of imidazole rings is 1. The number of fused-ring (bicyclic) bond motifs is 1. The van der Waals surface area contributed by atoms with Crippen LogP contribution in [0.15, 0.2) is 48.9 Å². The molecular formula is C30H31F2N7O4. The predicted octanol–water partition coefficient (Wildman–Crippen LogP) is 2.74. The van der Waals surface area contributed by atoms with Crippen LogP contribution in [0.1, 0.15) is 22.3 Å². The summed E-state index contributed by atoms with van der Waals surface area (Å²) in [6.45, 7) is 4.07. The summed E-state index contributed by atoms with van der Waals surface area (Å²) in [5, 5.41) is 16.3. The number of hydrogen-bond donors (Lipinski definition) is 3. The van der Waals surface area contributed by atoms with Gasteiger partial charge >= 0.3 is 0 Å². The van der Waals surface area contributed by atoms with Gasteiger partial charge in [-0.1, -0.05) is 0 Å². The lowest BCUT2D eigenvalue weighted by Crippen LogP contribution is -2.56. The monoisotopic (exact) mass is 591 g/mol. The Balaban J connectivity index is 1.16. The van der Waals surface area contributed by atoms with Crippen LogP contribution in [0, 0.1) is 18.6 Å². The Labute approximate surface area is 246 Å². The maximum Gasteiger partial charge on any atom is 0.254 e. The first kappa shape index (κ1) is 28.5. The smallest absolute Gasteiger partial charge is 0.254 e. The molecule has 0 aliphatic carbocycles. The van der Waals surface area contributed by atoms with Crippen LogP contribution in [0.3, 0.4) is 0 Å². The number of carbonyl (C=O) groups excluding carboxylic acids is 2. The maximum atomic E-state index is 14.8. The number of piperazine rings is 1. The largest absolute Gasteiger partial charge is 0.494 e. The minimum Gasteiger partial charge on any atom is -0.494 e. The van der Waals surface area contributed by atoms with Crippen molar-refractivity contribution in [3.63, 3.8) is 0 Å². The first-order chi connectivity index (χ1) is 20.8. The van der Waals surface area contributed by atoms with E-state index in [1.54, 1.807) is 32.5 Å². The summed E-state index contributed by atoms with van der Waals surface area (Å²) in [6, 6.07) is 7.54. The molecule has 2 amide bonds. The van der Waals surface area contributed by atoms with E-state index in [9.17, 15) is 23.5 Å². The second kappa shape index (κ2) is 11.6. The second-order valence-electron chi connectivity index (χ2n) is 10.6. The number of ether oxygens (including phenoxy) is 1. The van der Waals surface area contributed by atoms with E-state index in [0.717, 1.165) is 5.56 Å². The molecule has 6 rings (SSSR count). The van der Waals surface area contributed by atoms with Gasteiger partial charge in [-0.25, -0.2) is 14.4 Å². The zero-order chi connectivity index (χ0) is 30.2. The summed E-state index contributed by atoms with van der Waals surface area (Å²) in [5.41, 5.74) is 2.73. The van der Waals surface area contributed by atoms with Crippen molar-refractivity contribution in [1.29, 1.82) is 0 Å². The van der Waals surface area contributed by atoms with Crippen LogP contribution in [0.4, 0.5) is 20.3 Å². The fourth-order valence-corrected chi connectivity index (χ4v) is 5.65. The summed E-state index contributed by atoms with van der Waals surface area (Å²) in [6.07, 6.45) is 4.45. The Bertz CT molecular complexity index is 1700. The number of halogens is 2. The van der Waals surface area contributed by atoms with E-state index in [4.69, 9.17) is 4.74 Å². The quantitative estimate of drug-likeness (QED) is 0.313. The molecule has 0 spiro atoms. The number of rotatable bonds is 6. The van der Waals surface area contributed by atoms with Crippen LogP contribution in [0.2, 0.25) is 0 Å². The number of nitrogens with zero attached hydrogens (tertiary/aromatic N) is 5. The van der Waals surface area contributed by atoms with Gasteiger partial charge in [0, 0.05) is 55.4 Å². The topological polar surface area (TPSA) is 124 Å². The molecule has 2 aromatic heterocycles. The van der Waals surface area contributed by atoms with Gasteiger partial charge < -0.3 is 30.3 Å².